The van der Waals surface area contributed by atoms with Gasteiger partial charge >= 0.3 is 0 Å². The molecule has 0 spiro atoms. The minimum atomic E-state index is 1.05. The van der Waals surface area contributed by atoms with E-state index in [0.29, 0.717) is 0 Å². The van der Waals surface area contributed by atoms with Crippen LogP contribution < -0.4 is 0 Å². The van der Waals surface area contributed by atoms with E-state index in [9.17, 15) is 0 Å². The lowest BCUT2D eigenvalue weighted by molar-refractivity contribution is 1.09. The largest absolute Gasteiger partial charge is 0.299 e. The van der Waals surface area contributed by atoms with E-state index in [0.717, 1.165) is 16.7 Å². The van der Waals surface area contributed by atoms with Crippen molar-refractivity contribution in [1.29, 1.82) is 0 Å². The molecule has 0 unspecified atom stereocenters. The first kappa shape index (κ1) is 9.16. The lowest BCUT2D eigenvalue weighted by atomic mass is 10.2. The molecule has 0 amide bonds. The Balaban J connectivity index is 2.26. The molecule has 0 saturated heterocycles. The van der Waals surface area contributed by atoms with Crippen LogP contribution in [0.1, 0.15) is 5.56 Å². The maximum atomic E-state index is 4.42. The van der Waals surface area contributed by atoms with Crippen molar-refractivity contribution in [1.82, 2.24) is 9.55 Å². The molecule has 0 radical (unpaired) electrons. The van der Waals surface area contributed by atoms with Crippen LogP contribution in [0.2, 0.25) is 0 Å². The van der Waals surface area contributed by atoms with Gasteiger partial charge in [0.1, 0.15) is 6.33 Å². The SMILES string of the molecule is Cc1ccc2c(c1)ncn2-c1ccccc1. The number of nitrogens with zero attached hydrogens (tertiary/aromatic N) is 2. The third kappa shape index (κ3) is 1.39. The first-order chi connectivity index (χ1) is 7.84. The number of aryl methyl sites for hydroxylation is 1. The zero-order valence-electron chi connectivity index (χ0n) is 9.09. The quantitative estimate of drug-likeness (QED) is 0.599. The Morgan fingerprint density at radius 2 is 1.81 bits per heavy atom. The molecule has 0 fully saturated rings. The zero-order chi connectivity index (χ0) is 11.0. The third-order valence-electron chi connectivity index (χ3n) is 2.74. The molecule has 16 heavy (non-hydrogen) atoms. The monoisotopic (exact) mass is 208 g/mol. The Morgan fingerprint density at radius 3 is 2.62 bits per heavy atom. The van der Waals surface area contributed by atoms with Gasteiger partial charge in [-0.15, -0.1) is 0 Å². The fraction of sp³-hybridized carbons (Fsp3) is 0.0714. The lowest BCUT2D eigenvalue weighted by Gasteiger charge is -2.03. The fourth-order valence-electron chi connectivity index (χ4n) is 1.92. The van der Waals surface area contributed by atoms with Gasteiger partial charge in [-0.05, 0) is 36.8 Å². The number of para-hydroxylation sites is 1. The summed E-state index contributed by atoms with van der Waals surface area (Å²) in [5, 5.41) is 0. The van der Waals surface area contributed by atoms with E-state index in [-0.39, 0.29) is 0 Å². The van der Waals surface area contributed by atoms with E-state index in [1.165, 1.54) is 5.56 Å². The number of hydrogen-bond acceptors (Lipinski definition) is 1. The van der Waals surface area contributed by atoms with Gasteiger partial charge in [-0.1, -0.05) is 24.3 Å². The van der Waals surface area contributed by atoms with Crippen LogP contribution in [0.5, 0.6) is 0 Å². The second kappa shape index (κ2) is 3.49. The van der Waals surface area contributed by atoms with E-state index < -0.39 is 0 Å². The molecule has 0 saturated carbocycles. The topological polar surface area (TPSA) is 17.8 Å². The van der Waals surface area contributed by atoms with Crippen molar-refractivity contribution in [3.63, 3.8) is 0 Å². The van der Waals surface area contributed by atoms with Crippen LogP contribution in [0.3, 0.4) is 0 Å². The number of fused-ring (bicyclic) bond motifs is 1. The summed E-state index contributed by atoms with van der Waals surface area (Å²) in [6, 6.07) is 16.6. The van der Waals surface area contributed by atoms with Crippen molar-refractivity contribution in [3.8, 4) is 5.69 Å². The van der Waals surface area contributed by atoms with Crippen LogP contribution in [0.25, 0.3) is 16.7 Å². The van der Waals surface area contributed by atoms with Crippen LogP contribution in [0, 0.1) is 6.92 Å². The van der Waals surface area contributed by atoms with Gasteiger partial charge in [0, 0.05) is 5.69 Å². The van der Waals surface area contributed by atoms with Crippen LogP contribution in [0.15, 0.2) is 54.9 Å². The maximum absolute atomic E-state index is 4.42. The van der Waals surface area contributed by atoms with Gasteiger partial charge in [0.15, 0.2) is 0 Å². The summed E-state index contributed by atoms with van der Waals surface area (Å²) in [6.07, 6.45) is 1.87. The van der Waals surface area contributed by atoms with Gasteiger partial charge in [0.05, 0.1) is 11.0 Å². The molecule has 2 aromatic carbocycles. The molecule has 0 atom stereocenters. The molecule has 0 bridgehead atoms. The maximum Gasteiger partial charge on any atom is 0.100 e. The van der Waals surface area contributed by atoms with Gasteiger partial charge in [0.2, 0.25) is 0 Å². The van der Waals surface area contributed by atoms with Crippen molar-refractivity contribution in [3.05, 3.63) is 60.4 Å². The van der Waals surface area contributed by atoms with E-state index in [2.05, 4.69) is 46.8 Å². The minimum absolute atomic E-state index is 1.05. The molecule has 0 N–H and O–H groups in total. The highest BCUT2D eigenvalue weighted by Gasteiger charge is 2.03. The molecule has 3 rings (SSSR count). The Bertz CT molecular complexity index is 624. The Labute approximate surface area is 94.2 Å². The summed E-state index contributed by atoms with van der Waals surface area (Å²) in [7, 11) is 0. The van der Waals surface area contributed by atoms with Crippen molar-refractivity contribution in [2.45, 2.75) is 6.92 Å². The Hall–Kier alpha value is -2.09. The van der Waals surface area contributed by atoms with Crippen LogP contribution in [-0.2, 0) is 0 Å². The van der Waals surface area contributed by atoms with E-state index >= 15 is 0 Å². The highest BCUT2D eigenvalue weighted by molar-refractivity contribution is 5.78. The third-order valence-corrected chi connectivity index (χ3v) is 2.74. The predicted molar refractivity (Wildman–Crippen MR) is 65.8 cm³/mol. The highest BCUT2D eigenvalue weighted by atomic mass is 15.0. The Kier molecular flexibility index (Phi) is 2.00. The first-order valence-corrected chi connectivity index (χ1v) is 5.34. The van der Waals surface area contributed by atoms with E-state index in [1.54, 1.807) is 0 Å². The van der Waals surface area contributed by atoms with Crippen molar-refractivity contribution >= 4 is 11.0 Å². The highest BCUT2D eigenvalue weighted by Crippen LogP contribution is 2.18. The number of imidazole rings is 1. The Morgan fingerprint density at radius 1 is 1.00 bits per heavy atom. The molecule has 0 aliphatic carbocycles. The number of aromatic nitrogens is 2. The summed E-state index contributed by atoms with van der Waals surface area (Å²) in [4.78, 5) is 4.42. The van der Waals surface area contributed by atoms with Crippen molar-refractivity contribution in [2.75, 3.05) is 0 Å². The van der Waals surface area contributed by atoms with Crippen molar-refractivity contribution < 1.29 is 0 Å². The molecule has 78 valence electrons. The van der Waals surface area contributed by atoms with Gasteiger partial charge in [-0.25, -0.2) is 4.98 Å². The van der Waals surface area contributed by atoms with E-state index in [4.69, 9.17) is 0 Å². The van der Waals surface area contributed by atoms with Crippen molar-refractivity contribution in [2.24, 2.45) is 0 Å². The fourth-order valence-corrected chi connectivity index (χ4v) is 1.92. The summed E-state index contributed by atoms with van der Waals surface area (Å²) >= 11 is 0. The van der Waals surface area contributed by atoms with Gasteiger partial charge < -0.3 is 0 Å². The van der Waals surface area contributed by atoms with Crippen LogP contribution in [0.4, 0.5) is 0 Å². The smallest absolute Gasteiger partial charge is 0.100 e. The molecule has 3 aromatic rings. The van der Waals surface area contributed by atoms with Gasteiger partial charge in [-0.3, -0.25) is 4.57 Å². The molecular formula is C14H12N2. The second-order valence-electron chi connectivity index (χ2n) is 3.94. The standard InChI is InChI=1S/C14H12N2/c1-11-7-8-14-13(9-11)15-10-16(14)12-5-3-2-4-6-12/h2-10H,1H3. The van der Waals surface area contributed by atoms with Gasteiger partial charge in [-0.2, -0.15) is 0 Å². The summed E-state index contributed by atoms with van der Waals surface area (Å²) in [5.41, 5.74) is 4.58. The molecule has 1 heterocycles. The number of benzene rings is 2. The number of rotatable bonds is 1. The average Bonchev–Trinajstić information content (AvgIpc) is 2.73. The molecular weight excluding hydrogens is 196 g/mol. The lowest BCUT2D eigenvalue weighted by Crippen LogP contribution is -1.90. The van der Waals surface area contributed by atoms with Crippen LogP contribution in [-0.4, -0.2) is 9.55 Å². The zero-order valence-corrected chi connectivity index (χ0v) is 9.09. The van der Waals surface area contributed by atoms with E-state index in [1.807, 2.05) is 24.5 Å². The molecule has 0 aliphatic heterocycles. The normalized spacial score (nSPS) is 10.8. The second-order valence-corrected chi connectivity index (χ2v) is 3.94. The predicted octanol–water partition coefficient (Wildman–Crippen LogP) is 3.33. The summed E-state index contributed by atoms with van der Waals surface area (Å²) in [5.74, 6) is 0. The van der Waals surface area contributed by atoms with Crippen LogP contribution >= 0.6 is 0 Å². The molecule has 2 nitrogen and oxygen atoms in total. The molecule has 2 heteroatoms. The summed E-state index contributed by atoms with van der Waals surface area (Å²) < 4.78 is 2.11. The number of hydrogen-bond donors (Lipinski definition) is 0. The molecule has 1 aromatic heterocycles. The average molecular weight is 208 g/mol. The first-order valence-electron chi connectivity index (χ1n) is 5.34. The minimum Gasteiger partial charge on any atom is -0.299 e. The molecule has 0 aliphatic rings. The van der Waals surface area contributed by atoms with Gasteiger partial charge in [0.25, 0.3) is 0 Å². The summed E-state index contributed by atoms with van der Waals surface area (Å²) in [6.45, 7) is 2.08.